The molecule has 2 atom stereocenters. The van der Waals surface area contributed by atoms with Crippen molar-refractivity contribution < 1.29 is 19.1 Å². The number of carbonyl (C=O) groups excluding carboxylic acids is 2. The third-order valence-electron chi connectivity index (χ3n) is 3.08. The summed E-state index contributed by atoms with van der Waals surface area (Å²) in [5.41, 5.74) is 0. The quantitative estimate of drug-likeness (QED) is 0.635. The standard InChI is InChI=1S/C11H16N2O4/c1-7-12-8(6-17-7)10(14)13-5-3-4-9(13)11(15)16-2/h8-9H,3-6H2,1-2H3/t8?,9-/m0/s1. The lowest BCUT2D eigenvalue weighted by molar-refractivity contribution is -0.151. The number of nitrogens with zero attached hydrogens (tertiary/aromatic N) is 2. The second-order valence-corrected chi connectivity index (χ2v) is 4.19. The average Bonchev–Trinajstić information content (AvgIpc) is 2.95. The Morgan fingerprint density at radius 2 is 2.29 bits per heavy atom. The fourth-order valence-electron chi connectivity index (χ4n) is 2.22. The molecule has 94 valence electrons. The molecule has 0 bridgehead atoms. The van der Waals surface area contributed by atoms with E-state index in [4.69, 9.17) is 9.47 Å². The molecule has 1 saturated heterocycles. The molecule has 6 nitrogen and oxygen atoms in total. The molecule has 0 radical (unpaired) electrons. The van der Waals surface area contributed by atoms with Crippen molar-refractivity contribution in [1.29, 1.82) is 0 Å². The van der Waals surface area contributed by atoms with Crippen LogP contribution >= 0.6 is 0 Å². The maximum absolute atomic E-state index is 12.2. The van der Waals surface area contributed by atoms with Crippen molar-refractivity contribution in [3.8, 4) is 0 Å². The molecule has 1 fully saturated rings. The summed E-state index contributed by atoms with van der Waals surface area (Å²) in [6, 6.07) is -0.955. The molecule has 0 aromatic rings. The summed E-state index contributed by atoms with van der Waals surface area (Å²) >= 11 is 0. The molecular weight excluding hydrogens is 224 g/mol. The summed E-state index contributed by atoms with van der Waals surface area (Å²) in [5, 5.41) is 0. The van der Waals surface area contributed by atoms with Gasteiger partial charge in [0, 0.05) is 13.5 Å². The van der Waals surface area contributed by atoms with Crippen LogP contribution in [0.15, 0.2) is 4.99 Å². The summed E-state index contributed by atoms with van der Waals surface area (Å²) in [5.74, 6) is 0.0300. The van der Waals surface area contributed by atoms with Gasteiger partial charge in [-0.25, -0.2) is 9.79 Å². The summed E-state index contributed by atoms with van der Waals surface area (Å²) < 4.78 is 9.85. The van der Waals surface area contributed by atoms with Gasteiger partial charge in [-0.1, -0.05) is 0 Å². The maximum atomic E-state index is 12.2. The first-order chi connectivity index (χ1) is 8.13. The van der Waals surface area contributed by atoms with Crippen molar-refractivity contribution in [2.24, 2.45) is 4.99 Å². The SMILES string of the molecule is COC(=O)[C@@H]1CCCN1C(=O)C1COC(C)=N1. The van der Waals surface area contributed by atoms with E-state index in [1.165, 1.54) is 7.11 Å². The minimum atomic E-state index is -0.500. The Labute approximate surface area is 99.6 Å². The van der Waals surface area contributed by atoms with Gasteiger partial charge in [-0.15, -0.1) is 0 Å². The highest BCUT2D eigenvalue weighted by molar-refractivity contribution is 5.91. The monoisotopic (exact) mass is 240 g/mol. The van der Waals surface area contributed by atoms with E-state index in [9.17, 15) is 9.59 Å². The van der Waals surface area contributed by atoms with Gasteiger partial charge in [0.2, 0.25) is 0 Å². The number of methoxy groups -OCH3 is 1. The smallest absolute Gasteiger partial charge is 0.328 e. The first-order valence-corrected chi connectivity index (χ1v) is 5.69. The lowest BCUT2D eigenvalue weighted by Gasteiger charge is -2.23. The van der Waals surface area contributed by atoms with Gasteiger partial charge in [-0.3, -0.25) is 4.79 Å². The van der Waals surface area contributed by atoms with E-state index in [0.29, 0.717) is 18.9 Å². The van der Waals surface area contributed by atoms with E-state index >= 15 is 0 Å². The van der Waals surface area contributed by atoms with Crippen molar-refractivity contribution >= 4 is 17.8 Å². The van der Waals surface area contributed by atoms with Gasteiger partial charge in [-0.2, -0.15) is 0 Å². The molecule has 0 saturated carbocycles. The van der Waals surface area contributed by atoms with Gasteiger partial charge in [0.1, 0.15) is 12.6 Å². The topological polar surface area (TPSA) is 68.2 Å². The van der Waals surface area contributed by atoms with Crippen LogP contribution < -0.4 is 0 Å². The van der Waals surface area contributed by atoms with E-state index in [-0.39, 0.29) is 18.5 Å². The van der Waals surface area contributed by atoms with Gasteiger partial charge < -0.3 is 14.4 Å². The van der Waals surface area contributed by atoms with Crippen LogP contribution in [-0.4, -0.2) is 55.0 Å². The first kappa shape index (κ1) is 11.9. The van der Waals surface area contributed by atoms with E-state index < -0.39 is 12.1 Å². The molecule has 0 aromatic heterocycles. The fraction of sp³-hybridized carbons (Fsp3) is 0.727. The van der Waals surface area contributed by atoms with Crippen LogP contribution in [0.5, 0.6) is 0 Å². The highest BCUT2D eigenvalue weighted by atomic mass is 16.5. The Balaban J connectivity index is 2.06. The molecule has 1 unspecified atom stereocenters. The Bertz CT molecular complexity index is 366. The van der Waals surface area contributed by atoms with Gasteiger partial charge in [0.25, 0.3) is 5.91 Å². The molecule has 2 aliphatic heterocycles. The largest absolute Gasteiger partial charge is 0.478 e. The number of hydrogen-bond donors (Lipinski definition) is 0. The molecule has 0 aromatic carbocycles. The Kier molecular flexibility index (Phi) is 3.31. The molecule has 0 aliphatic carbocycles. The zero-order valence-electron chi connectivity index (χ0n) is 10.0. The lowest BCUT2D eigenvalue weighted by Crippen LogP contribution is -2.45. The number of carbonyl (C=O) groups is 2. The van der Waals surface area contributed by atoms with Crippen LogP contribution in [0.4, 0.5) is 0 Å². The summed E-state index contributed by atoms with van der Waals surface area (Å²) in [6.45, 7) is 2.58. The minimum Gasteiger partial charge on any atom is -0.478 e. The van der Waals surface area contributed by atoms with Gasteiger partial charge >= 0.3 is 5.97 Å². The maximum Gasteiger partial charge on any atom is 0.328 e. The predicted octanol–water partition coefficient (Wildman–Crippen LogP) is -0.0324. The Morgan fingerprint density at radius 3 is 2.88 bits per heavy atom. The molecule has 0 N–H and O–H groups in total. The summed E-state index contributed by atoms with van der Waals surface area (Å²) in [7, 11) is 1.34. The van der Waals surface area contributed by atoms with E-state index in [1.807, 2.05) is 0 Å². The van der Waals surface area contributed by atoms with Gasteiger partial charge in [-0.05, 0) is 12.8 Å². The van der Waals surface area contributed by atoms with Crippen LogP contribution in [0, 0.1) is 0 Å². The van der Waals surface area contributed by atoms with E-state index in [0.717, 1.165) is 6.42 Å². The molecule has 6 heteroatoms. The molecular formula is C11H16N2O4. The van der Waals surface area contributed by atoms with E-state index in [1.54, 1.807) is 11.8 Å². The molecule has 2 rings (SSSR count). The van der Waals surface area contributed by atoms with Crippen molar-refractivity contribution in [1.82, 2.24) is 4.90 Å². The van der Waals surface area contributed by atoms with Crippen LogP contribution in [-0.2, 0) is 19.1 Å². The Morgan fingerprint density at radius 1 is 1.53 bits per heavy atom. The zero-order chi connectivity index (χ0) is 12.4. The van der Waals surface area contributed by atoms with Crippen LogP contribution in [0.1, 0.15) is 19.8 Å². The molecule has 17 heavy (non-hydrogen) atoms. The van der Waals surface area contributed by atoms with Crippen molar-refractivity contribution in [2.45, 2.75) is 31.8 Å². The third kappa shape index (κ3) is 2.25. The van der Waals surface area contributed by atoms with Crippen molar-refractivity contribution in [3.63, 3.8) is 0 Å². The molecule has 2 heterocycles. The second kappa shape index (κ2) is 4.73. The normalized spacial score (nSPS) is 27.6. The highest BCUT2D eigenvalue weighted by Gasteiger charge is 2.39. The number of likely N-dealkylation sites (tertiary alicyclic amines) is 1. The lowest BCUT2D eigenvalue weighted by atomic mass is 10.2. The second-order valence-electron chi connectivity index (χ2n) is 4.19. The predicted molar refractivity (Wildman–Crippen MR) is 59.6 cm³/mol. The fourth-order valence-corrected chi connectivity index (χ4v) is 2.22. The molecule has 2 aliphatic rings. The highest BCUT2D eigenvalue weighted by Crippen LogP contribution is 2.21. The minimum absolute atomic E-state index is 0.144. The third-order valence-corrected chi connectivity index (χ3v) is 3.08. The first-order valence-electron chi connectivity index (χ1n) is 5.69. The van der Waals surface area contributed by atoms with Crippen LogP contribution in [0.3, 0.4) is 0 Å². The number of esters is 1. The number of aliphatic imine (C=N–C) groups is 1. The van der Waals surface area contributed by atoms with Crippen LogP contribution in [0.25, 0.3) is 0 Å². The zero-order valence-corrected chi connectivity index (χ0v) is 10.0. The van der Waals surface area contributed by atoms with Crippen molar-refractivity contribution in [3.05, 3.63) is 0 Å². The van der Waals surface area contributed by atoms with Gasteiger partial charge in [0.15, 0.2) is 11.9 Å². The number of rotatable bonds is 2. The molecule has 0 spiro atoms. The number of hydrogen-bond acceptors (Lipinski definition) is 5. The number of amides is 1. The summed E-state index contributed by atoms with van der Waals surface area (Å²) in [6.07, 6.45) is 1.48. The number of ether oxygens (including phenoxy) is 2. The molecule has 1 amide bonds. The van der Waals surface area contributed by atoms with Crippen LogP contribution in [0.2, 0.25) is 0 Å². The Hall–Kier alpha value is -1.59. The van der Waals surface area contributed by atoms with E-state index in [2.05, 4.69) is 4.99 Å². The van der Waals surface area contributed by atoms with Gasteiger partial charge in [0.05, 0.1) is 7.11 Å². The average molecular weight is 240 g/mol. The van der Waals surface area contributed by atoms with Crippen molar-refractivity contribution in [2.75, 3.05) is 20.3 Å². The summed E-state index contributed by atoms with van der Waals surface area (Å²) in [4.78, 5) is 29.3.